The number of hydrogen-bond donors (Lipinski definition) is 1. The lowest BCUT2D eigenvalue weighted by molar-refractivity contribution is 0.315. The van der Waals surface area contributed by atoms with Gasteiger partial charge in [-0.3, -0.25) is 0 Å². The first kappa shape index (κ1) is 14.8. The van der Waals surface area contributed by atoms with Crippen LogP contribution in [-0.2, 0) is 0 Å². The zero-order chi connectivity index (χ0) is 14.0. The number of aryl methyl sites for hydroxylation is 1. The third kappa shape index (κ3) is 3.50. The van der Waals surface area contributed by atoms with Crippen molar-refractivity contribution in [3.8, 4) is 0 Å². The van der Waals surface area contributed by atoms with Crippen molar-refractivity contribution in [3.63, 3.8) is 0 Å². The van der Waals surface area contributed by atoms with E-state index in [0.717, 1.165) is 24.1 Å². The highest BCUT2D eigenvalue weighted by atomic mass is 79.9. The third-order valence-electron chi connectivity index (χ3n) is 3.70. The maximum atomic E-state index is 3.55. The molecule has 1 heterocycles. The minimum Gasteiger partial charge on any atom is -0.362 e. The van der Waals surface area contributed by atoms with Crippen LogP contribution in [0.5, 0.6) is 0 Å². The fourth-order valence-corrected chi connectivity index (χ4v) is 3.41. The number of likely N-dealkylation sites (N-methyl/N-ethyl adjacent to an activating group) is 1. The van der Waals surface area contributed by atoms with E-state index in [9.17, 15) is 0 Å². The molecular weight excluding hydrogens is 302 g/mol. The SMILES string of the molecule is Cc1cc(Br)ccc1N1C(C)CNCC1CN(C)C. The number of nitrogens with zero attached hydrogens (tertiary/aromatic N) is 2. The normalized spacial score (nSPS) is 24.0. The Hall–Kier alpha value is -0.580. The molecule has 0 bridgehead atoms. The number of nitrogens with one attached hydrogen (secondary N) is 1. The average molecular weight is 326 g/mol. The minimum absolute atomic E-state index is 0.526. The molecule has 4 heteroatoms. The summed E-state index contributed by atoms with van der Waals surface area (Å²) >= 11 is 3.55. The van der Waals surface area contributed by atoms with Crippen molar-refractivity contribution in [1.29, 1.82) is 0 Å². The molecule has 2 unspecified atom stereocenters. The summed E-state index contributed by atoms with van der Waals surface area (Å²) < 4.78 is 1.15. The lowest BCUT2D eigenvalue weighted by Crippen LogP contribution is -2.59. The van der Waals surface area contributed by atoms with Gasteiger partial charge in [0.2, 0.25) is 0 Å². The number of benzene rings is 1. The Morgan fingerprint density at radius 3 is 2.74 bits per heavy atom. The summed E-state index contributed by atoms with van der Waals surface area (Å²) in [5.41, 5.74) is 2.70. The Kier molecular flexibility index (Phi) is 4.87. The van der Waals surface area contributed by atoms with Crippen molar-refractivity contribution in [3.05, 3.63) is 28.2 Å². The zero-order valence-corrected chi connectivity index (χ0v) is 13.9. The Balaban J connectivity index is 2.30. The number of rotatable bonds is 3. The summed E-state index contributed by atoms with van der Waals surface area (Å²) in [4.78, 5) is 4.85. The smallest absolute Gasteiger partial charge is 0.0544 e. The fourth-order valence-electron chi connectivity index (χ4n) is 2.93. The summed E-state index contributed by atoms with van der Waals surface area (Å²) in [7, 11) is 4.29. The fraction of sp³-hybridized carbons (Fsp3) is 0.600. The lowest BCUT2D eigenvalue weighted by atomic mass is 10.0. The van der Waals surface area contributed by atoms with Gasteiger partial charge in [0.15, 0.2) is 0 Å². The van der Waals surface area contributed by atoms with Crippen molar-refractivity contribution < 1.29 is 0 Å². The highest BCUT2D eigenvalue weighted by Crippen LogP contribution is 2.28. The molecule has 1 aromatic rings. The number of halogens is 1. The van der Waals surface area contributed by atoms with Crippen LogP contribution in [0.3, 0.4) is 0 Å². The van der Waals surface area contributed by atoms with E-state index in [2.05, 4.69) is 77.2 Å². The molecular formula is C15H24BrN3. The molecule has 0 saturated carbocycles. The molecule has 1 aliphatic heterocycles. The van der Waals surface area contributed by atoms with E-state index in [0.29, 0.717) is 12.1 Å². The Morgan fingerprint density at radius 2 is 2.11 bits per heavy atom. The van der Waals surface area contributed by atoms with Crippen molar-refractivity contribution in [2.45, 2.75) is 25.9 Å². The molecule has 2 rings (SSSR count). The first-order valence-electron chi connectivity index (χ1n) is 6.89. The minimum atomic E-state index is 0.526. The maximum absolute atomic E-state index is 3.55. The van der Waals surface area contributed by atoms with Crippen LogP contribution in [0.2, 0.25) is 0 Å². The number of piperazine rings is 1. The largest absolute Gasteiger partial charge is 0.362 e. The molecule has 0 amide bonds. The molecule has 0 radical (unpaired) electrons. The van der Waals surface area contributed by atoms with Gasteiger partial charge in [-0.05, 0) is 51.7 Å². The van der Waals surface area contributed by atoms with Crippen LogP contribution in [0.15, 0.2) is 22.7 Å². The molecule has 3 nitrogen and oxygen atoms in total. The van der Waals surface area contributed by atoms with Gasteiger partial charge >= 0.3 is 0 Å². The molecule has 1 fully saturated rings. The quantitative estimate of drug-likeness (QED) is 0.921. The van der Waals surface area contributed by atoms with Crippen molar-refractivity contribution in [1.82, 2.24) is 10.2 Å². The molecule has 1 aliphatic rings. The standard InChI is InChI=1S/C15H24BrN3/c1-11-7-13(16)5-6-15(11)19-12(2)8-17-9-14(19)10-18(3)4/h5-7,12,14,17H,8-10H2,1-4H3. The van der Waals surface area contributed by atoms with Crippen LogP contribution < -0.4 is 10.2 Å². The molecule has 19 heavy (non-hydrogen) atoms. The summed E-state index contributed by atoms with van der Waals surface area (Å²) in [5, 5.41) is 3.54. The van der Waals surface area contributed by atoms with E-state index in [4.69, 9.17) is 0 Å². The summed E-state index contributed by atoms with van der Waals surface area (Å²) in [6, 6.07) is 7.64. The molecule has 0 aromatic heterocycles. The first-order valence-corrected chi connectivity index (χ1v) is 7.68. The van der Waals surface area contributed by atoms with Crippen LogP contribution in [0.25, 0.3) is 0 Å². The molecule has 106 valence electrons. The van der Waals surface area contributed by atoms with Gasteiger partial charge in [0.1, 0.15) is 0 Å². The molecule has 1 N–H and O–H groups in total. The molecule has 1 saturated heterocycles. The van der Waals surface area contributed by atoms with Gasteiger partial charge in [-0.1, -0.05) is 15.9 Å². The lowest BCUT2D eigenvalue weighted by Gasteiger charge is -2.44. The second-order valence-corrected chi connectivity index (χ2v) is 6.68. The second kappa shape index (κ2) is 6.25. The maximum Gasteiger partial charge on any atom is 0.0544 e. The predicted molar refractivity (Wildman–Crippen MR) is 86.0 cm³/mol. The van der Waals surface area contributed by atoms with Crippen LogP contribution in [0, 0.1) is 6.92 Å². The van der Waals surface area contributed by atoms with Gasteiger partial charge in [0.05, 0.1) is 6.04 Å². The van der Waals surface area contributed by atoms with Gasteiger partial charge in [0.25, 0.3) is 0 Å². The van der Waals surface area contributed by atoms with Crippen LogP contribution in [0.1, 0.15) is 12.5 Å². The van der Waals surface area contributed by atoms with E-state index in [1.165, 1.54) is 11.3 Å². The summed E-state index contributed by atoms with van der Waals surface area (Å²) in [5.74, 6) is 0. The van der Waals surface area contributed by atoms with Crippen molar-refractivity contribution in [2.75, 3.05) is 38.6 Å². The Morgan fingerprint density at radius 1 is 1.37 bits per heavy atom. The van der Waals surface area contributed by atoms with E-state index < -0.39 is 0 Å². The molecule has 1 aromatic carbocycles. The molecule has 0 spiro atoms. The van der Waals surface area contributed by atoms with Crippen molar-refractivity contribution >= 4 is 21.6 Å². The Labute approximate surface area is 125 Å². The van der Waals surface area contributed by atoms with Crippen LogP contribution >= 0.6 is 15.9 Å². The topological polar surface area (TPSA) is 18.5 Å². The van der Waals surface area contributed by atoms with Crippen LogP contribution in [-0.4, -0.2) is 50.7 Å². The average Bonchev–Trinajstić information content (AvgIpc) is 2.30. The number of hydrogen-bond acceptors (Lipinski definition) is 3. The number of anilines is 1. The van der Waals surface area contributed by atoms with Gasteiger partial charge in [-0.15, -0.1) is 0 Å². The summed E-state index contributed by atoms with van der Waals surface area (Å²) in [6.07, 6.45) is 0. The van der Waals surface area contributed by atoms with Gasteiger partial charge in [0, 0.05) is 35.8 Å². The van der Waals surface area contributed by atoms with E-state index in [1.807, 2.05) is 0 Å². The second-order valence-electron chi connectivity index (χ2n) is 5.76. The predicted octanol–water partition coefficient (Wildman–Crippen LogP) is 2.49. The first-order chi connectivity index (χ1) is 8.99. The zero-order valence-electron chi connectivity index (χ0n) is 12.3. The van der Waals surface area contributed by atoms with Crippen LogP contribution in [0.4, 0.5) is 5.69 Å². The van der Waals surface area contributed by atoms with E-state index in [-0.39, 0.29) is 0 Å². The van der Waals surface area contributed by atoms with Gasteiger partial charge in [-0.25, -0.2) is 0 Å². The highest BCUT2D eigenvalue weighted by molar-refractivity contribution is 9.10. The monoisotopic (exact) mass is 325 g/mol. The summed E-state index contributed by atoms with van der Waals surface area (Å²) in [6.45, 7) is 7.68. The molecule has 2 atom stereocenters. The van der Waals surface area contributed by atoms with Gasteiger partial charge in [-0.2, -0.15) is 0 Å². The van der Waals surface area contributed by atoms with Gasteiger partial charge < -0.3 is 15.1 Å². The van der Waals surface area contributed by atoms with Crippen molar-refractivity contribution in [2.24, 2.45) is 0 Å². The Bertz CT molecular complexity index is 433. The van der Waals surface area contributed by atoms with E-state index in [1.54, 1.807) is 0 Å². The molecule has 0 aliphatic carbocycles. The van der Waals surface area contributed by atoms with E-state index >= 15 is 0 Å². The third-order valence-corrected chi connectivity index (χ3v) is 4.19. The highest BCUT2D eigenvalue weighted by Gasteiger charge is 2.29.